The minimum atomic E-state index is -0.311. The number of esters is 1. The molecule has 0 rings (SSSR count). The molecule has 0 aliphatic carbocycles. The molecule has 0 amide bonds. The highest BCUT2D eigenvalue weighted by Gasteiger charge is 1.84. The molecule has 0 aliphatic rings. The van der Waals surface area contributed by atoms with E-state index < -0.39 is 0 Å². The highest BCUT2D eigenvalue weighted by atomic mass is 127. The fourth-order valence-corrected chi connectivity index (χ4v) is 0.413. The SMILES string of the molecule is COC(=O)/C=C\I. The van der Waals surface area contributed by atoms with Crippen molar-refractivity contribution in [3.05, 3.63) is 10.2 Å². The number of methoxy groups -OCH3 is 1. The summed E-state index contributed by atoms with van der Waals surface area (Å²) < 4.78 is 5.86. The van der Waals surface area contributed by atoms with E-state index in [4.69, 9.17) is 0 Å². The predicted octanol–water partition coefficient (Wildman–Crippen LogP) is 1.11. The highest BCUT2D eigenvalue weighted by Crippen LogP contribution is 1.84. The van der Waals surface area contributed by atoms with Crippen LogP contribution in [0.2, 0.25) is 0 Å². The standard InChI is InChI=1S/C4H5IO2/c1-7-4(6)2-3-5/h2-3H,1H3/b3-2-. The van der Waals surface area contributed by atoms with E-state index in [1.165, 1.54) is 13.2 Å². The number of carbonyl (C=O) groups excluding carboxylic acids is 1. The van der Waals surface area contributed by atoms with Crippen LogP contribution in [0.1, 0.15) is 0 Å². The van der Waals surface area contributed by atoms with Crippen LogP contribution in [0.3, 0.4) is 0 Å². The van der Waals surface area contributed by atoms with Crippen molar-refractivity contribution in [2.24, 2.45) is 0 Å². The molecule has 2 nitrogen and oxygen atoms in total. The molecule has 0 aromatic rings. The van der Waals surface area contributed by atoms with Gasteiger partial charge in [0.15, 0.2) is 0 Å². The Morgan fingerprint density at radius 3 is 2.57 bits per heavy atom. The van der Waals surface area contributed by atoms with Crippen molar-refractivity contribution in [1.29, 1.82) is 0 Å². The lowest BCUT2D eigenvalue weighted by Gasteiger charge is -1.84. The van der Waals surface area contributed by atoms with Gasteiger partial charge in [-0.25, -0.2) is 4.79 Å². The van der Waals surface area contributed by atoms with Crippen LogP contribution >= 0.6 is 22.6 Å². The van der Waals surface area contributed by atoms with Gasteiger partial charge in [0.05, 0.1) is 7.11 Å². The van der Waals surface area contributed by atoms with Crippen molar-refractivity contribution >= 4 is 28.6 Å². The van der Waals surface area contributed by atoms with Gasteiger partial charge in [-0.1, -0.05) is 22.6 Å². The number of rotatable bonds is 1. The van der Waals surface area contributed by atoms with E-state index in [2.05, 4.69) is 4.74 Å². The van der Waals surface area contributed by atoms with Gasteiger partial charge in [0.2, 0.25) is 0 Å². The number of carbonyl (C=O) groups is 1. The molecule has 7 heavy (non-hydrogen) atoms. The van der Waals surface area contributed by atoms with Crippen LogP contribution in [0.5, 0.6) is 0 Å². The number of ether oxygens (including phenoxy) is 1. The Morgan fingerprint density at radius 2 is 2.43 bits per heavy atom. The summed E-state index contributed by atoms with van der Waals surface area (Å²) in [6, 6.07) is 0. The van der Waals surface area contributed by atoms with E-state index in [1.54, 1.807) is 4.08 Å². The quantitative estimate of drug-likeness (QED) is 0.369. The first-order valence-corrected chi connectivity index (χ1v) is 2.90. The molecule has 40 valence electrons. The van der Waals surface area contributed by atoms with Crippen LogP contribution in [0, 0.1) is 0 Å². The largest absolute Gasteiger partial charge is 0.466 e. The van der Waals surface area contributed by atoms with Gasteiger partial charge in [-0.05, 0) is 4.08 Å². The fraction of sp³-hybridized carbons (Fsp3) is 0.250. The smallest absolute Gasteiger partial charge is 0.330 e. The molecule has 0 unspecified atom stereocenters. The molecular formula is C4H5IO2. The Labute approximate surface area is 55.7 Å². The first-order valence-electron chi connectivity index (χ1n) is 1.66. The van der Waals surface area contributed by atoms with E-state index >= 15 is 0 Å². The molecule has 3 heteroatoms. The molecule has 0 bridgehead atoms. The summed E-state index contributed by atoms with van der Waals surface area (Å²) in [5, 5.41) is 0. The van der Waals surface area contributed by atoms with Crippen LogP contribution in [-0.2, 0) is 9.53 Å². The molecule has 0 radical (unpaired) electrons. The molecule has 0 N–H and O–H groups in total. The zero-order valence-electron chi connectivity index (χ0n) is 3.85. The van der Waals surface area contributed by atoms with Gasteiger partial charge in [0.25, 0.3) is 0 Å². The summed E-state index contributed by atoms with van der Waals surface area (Å²) in [7, 11) is 1.35. The molecule has 0 spiro atoms. The molecule has 0 atom stereocenters. The molecule has 0 fully saturated rings. The molecular weight excluding hydrogens is 207 g/mol. The summed E-state index contributed by atoms with van der Waals surface area (Å²) in [5.41, 5.74) is 0. The lowest BCUT2D eigenvalue weighted by atomic mass is 10.7. The summed E-state index contributed by atoms with van der Waals surface area (Å²) in [6.45, 7) is 0. The Hall–Kier alpha value is -0.0600. The third-order valence-electron chi connectivity index (χ3n) is 0.400. The van der Waals surface area contributed by atoms with Gasteiger partial charge < -0.3 is 4.74 Å². The second-order valence-electron chi connectivity index (χ2n) is 0.816. The normalized spacial score (nSPS) is 9.43. The first kappa shape index (κ1) is 6.94. The maximum Gasteiger partial charge on any atom is 0.330 e. The van der Waals surface area contributed by atoms with Crippen molar-refractivity contribution in [3.63, 3.8) is 0 Å². The lowest BCUT2D eigenvalue weighted by molar-refractivity contribution is -0.134. The zero-order chi connectivity index (χ0) is 5.70. The van der Waals surface area contributed by atoms with Crippen molar-refractivity contribution in [2.75, 3.05) is 7.11 Å². The maximum absolute atomic E-state index is 10.1. The zero-order valence-corrected chi connectivity index (χ0v) is 6.01. The Morgan fingerprint density at radius 1 is 1.86 bits per heavy atom. The summed E-state index contributed by atoms with van der Waals surface area (Å²) >= 11 is 1.94. The summed E-state index contributed by atoms with van der Waals surface area (Å²) in [4.78, 5) is 10.1. The van der Waals surface area contributed by atoms with Gasteiger partial charge in [-0.15, -0.1) is 0 Å². The van der Waals surface area contributed by atoms with E-state index in [-0.39, 0.29) is 5.97 Å². The average Bonchev–Trinajstić information content (AvgIpc) is 1.68. The Kier molecular flexibility index (Phi) is 4.07. The predicted molar refractivity (Wildman–Crippen MR) is 35.2 cm³/mol. The van der Waals surface area contributed by atoms with Crippen LogP contribution in [0.25, 0.3) is 0 Å². The molecule has 0 aromatic heterocycles. The molecule has 0 aromatic carbocycles. The maximum atomic E-state index is 10.1. The van der Waals surface area contributed by atoms with Crippen LogP contribution in [0.15, 0.2) is 10.2 Å². The number of halogens is 1. The first-order chi connectivity index (χ1) is 3.31. The number of hydrogen-bond acceptors (Lipinski definition) is 2. The monoisotopic (exact) mass is 212 g/mol. The summed E-state index contributed by atoms with van der Waals surface area (Å²) in [5.74, 6) is -0.311. The van der Waals surface area contributed by atoms with E-state index in [1.807, 2.05) is 22.6 Å². The Balaban J connectivity index is 3.37. The van der Waals surface area contributed by atoms with Crippen LogP contribution in [0.4, 0.5) is 0 Å². The van der Waals surface area contributed by atoms with Crippen LogP contribution < -0.4 is 0 Å². The van der Waals surface area contributed by atoms with Gasteiger partial charge >= 0.3 is 5.97 Å². The van der Waals surface area contributed by atoms with Crippen LogP contribution in [-0.4, -0.2) is 13.1 Å². The molecule has 0 saturated heterocycles. The topological polar surface area (TPSA) is 26.3 Å². The van der Waals surface area contributed by atoms with E-state index in [0.717, 1.165) is 0 Å². The van der Waals surface area contributed by atoms with Crippen molar-refractivity contribution in [1.82, 2.24) is 0 Å². The third-order valence-corrected chi connectivity index (χ3v) is 0.760. The fourth-order valence-electron chi connectivity index (χ4n) is 0.119. The average molecular weight is 212 g/mol. The van der Waals surface area contributed by atoms with Gasteiger partial charge in [-0.2, -0.15) is 0 Å². The molecule has 0 saturated carbocycles. The minimum absolute atomic E-state index is 0.311. The second kappa shape index (κ2) is 4.11. The molecule has 0 aliphatic heterocycles. The van der Waals surface area contributed by atoms with Gasteiger partial charge in [-0.3, -0.25) is 0 Å². The van der Waals surface area contributed by atoms with Crippen molar-refractivity contribution < 1.29 is 9.53 Å². The van der Waals surface area contributed by atoms with E-state index in [0.29, 0.717) is 0 Å². The Bertz CT molecular complexity index is 87.7. The van der Waals surface area contributed by atoms with Gasteiger partial charge in [0.1, 0.15) is 0 Å². The highest BCUT2D eigenvalue weighted by molar-refractivity contribution is 14.1. The van der Waals surface area contributed by atoms with Crippen molar-refractivity contribution in [2.45, 2.75) is 0 Å². The minimum Gasteiger partial charge on any atom is -0.466 e. The number of hydrogen-bond donors (Lipinski definition) is 0. The van der Waals surface area contributed by atoms with Crippen molar-refractivity contribution in [3.8, 4) is 0 Å². The van der Waals surface area contributed by atoms with Gasteiger partial charge in [0, 0.05) is 6.08 Å². The summed E-state index contributed by atoms with van der Waals surface area (Å²) in [6.07, 6.45) is 1.35. The molecule has 0 heterocycles. The van der Waals surface area contributed by atoms with E-state index in [9.17, 15) is 4.79 Å². The second-order valence-corrected chi connectivity index (χ2v) is 1.53. The lowest BCUT2D eigenvalue weighted by Crippen LogP contribution is -1.91. The third kappa shape index (κ3) is 3.78.